The summed E-state index contributed by atoms with van der Waals surface area (Å²) in [4.78, 5) is 11.4. The van der Waals surface area contributed by atoms with Crippen molar-refractivity contribution in [1.29, 1.82) is 0 Å². The summed E-state index contributed by atoms with van der Waals surface area (Å²) in [6.07, 6.45) is 0.390. The van der Waals surface area contributed by atoms with E-state index in [2.05, 4.69) is 20.7 Å². The first-order chi connectivity index (χ1) is 9.53. The predicted molar refractivity (Wildman–Crippen MR) is 84.5 cm³/mol. The third kappa shape index (κ3) is 5.76. The Bertz CT molecular complexity index is 608. The molecule has 0 amide bonds. The maximum atomic E-state index is 12.2. The normalized spacial score (nSPS) is 13.9. The highest BCUT2D eigenvalue weighted by Crippen LogP contribution is 2.25. The lowest BCUT2D eigenvalue weighted by atomic mass is 9.85. The van der Waals surface area contributed by atoms with Gasteiger partial charge in [0.05, 0.1) is 10.8 Å². The van der Waals surface area contributed by atoms with Crippen molar-refractivity contribution in [3.05, 3.63) is 28.7 Å². The fourth-order valence-electron chi connectivity index (χ4n) is 1.94. The number of benzene rings is 1. The van der Waals surface area contributed by atoms with Crippen LogP contribution in [0.5, 0.6) is 0 Å². The van der Waals surface area contributed by atoms with Crippen LogP contribution in [-0.4, -0.2) is 26.0 Å². The topological polar surface area (TPSA) is 83.5 Å². The maximum Gasteiger partial charge on any atom is 0.307 e. The number of hydrogen-bond acceptors (Lipinski definition) is 3. The Kier molecular flexibility index (Phi) is 5.95. The Hall–Kier alpha value is -0.920. The highest BCUT2D eigenvalue weighted by molar-refractivity contribution is 9.10. The molecule has 2 N–H and O–H groups in total. The van der Waals surface area contributed by atoms with Gasteiger partial charge in [-0.2, -0.15) is 0 Å². The largest absolute Gasteiger partial charge is 0.481 e. The minimum Gasteiger partial charge on any atom is -0.481 e. The first-order valence-electron chi connectivity index (χ1n) is 6.50. The second-order valence-electron chi connectivity index (χ2n) is 6.08. The smallest absolute Gasteiger partial charge is 0.307 e. The van der Waals surface area contributed by atoms with Gasteiger partial charge in [0.25, 0.3) is 0 Å². The van der Waals surface area contributed by atoms with E-state index in [0.717, 1.165) is 0 Å². The summed E-state index contributed by atoms with van der Waals surface area (Å²) < 4.78 is 27.2. The van der Waals surface area contributed by atoms with Crippen molar-refractivity contribution in [3.63, 3.8) is 0 Å². The molecule has 0 saturated heterocycles. The van der Waals surface area contributed by atoms with Crippen LogP contribution in [0, 0.1) is 11.3 Å². The fourth-order valence-corrected chi connectivity index (χ4v) is 4.02. The Morgan fingerprint density at radius 2 is 1.90 bits per heavy atom. The van der Waals surface area contributed by atoms with Gasteiger partial charge in [0.1, 0.15) is 0 Å². The van der Waals surface area contributed by atoms with E-state index in [1.54, 1.807) is 18.2 Å². The zero-order chi connectivity index (χ0) is 16.3. The van der Waals surface area contributed by atoms with Crippen molar-refractivity contribution in [3.8, 4) is 0 Å². The summed E-state index contributed by atoms with van der Waals surface area (Å²) in [5, 5.41) is 9.21. The van der Waals surface area contributed by atoms with Crippen LogP contribution in [0.3, 0.4) is 0 Å². The van der Waals surface area contributed by atoms with Crippen LogP contribution in [-0.2, 0) is 14.8 Å². The molecular weight excluding hydrogens is 358 g/mol. The van der Waals surface area contributed by atoms with E-state index >= 15 is 0 Å². The van der Waals surface area contributed by atoms with Crippen molar-refractivity contribution in [2.75, 3.05) is 6.54 Å². The molecule has 0 spiro atoms. The molecular formula is C14H20BrNO4S. The van der Waals surface area contributed by atoms with Gasteiger partial charge in [-0.25, -0.2) is 13.1 Å². The summed E-state index contributed by atoms with van der Waals surface area (Å²) in [5.41, 5.74) is -0.193. The third-order valence-corrected chi connectivity index (χ3v) is 5.29. The zero-order valence-corrected chi connectivity index (χ0v) is 14.7. The van der Waals surface area contributed by atoms with E-state index in [9.17, 15) is 18.3 Å². The van der Waals surface area contributed by atoms with Crippen LogP contribution < -0.4 is 4.72 Å². The number of hydrogen-bond donors (Lipinski definition) is 2. The lowest BCUT2D eigenvalue weighted by Gasteiger charge is -2.23. The summed E-state index contributed by atoms with van der Waals surface area (Å²) in [7, 11) is -3.74. The number of carbonyl (C=O) groups is 1. The molecule has 0 aliphatic carbocycles. The minimum absolute atomic E-state index is 0.102. The molecule has 0 fully saturated rings. The summed E-state index contributed by atoms with van der Waals surface area (Å²) in [5.74, 6) is -1.76. The van der Waals surface area contributed by atoms with E-state index in [1.165, 1.54) is 6.07 Å². The highest BCUT2D eigenvalue weighted by Gasteiger charge is 2.27. The average molecular weight is 378 g/mol. The number of carboxylic acid groups (broad SMARTS) is 1. The highest BCUT2D eigenvalue weighted by atomic mass is 79.9. The molecule has 21 heavy (non-hydrogen) atoms. The Morgan fingerprint density at radius 1 is 1.33 bits per heavy atom. The molecule has 1 aromatic rings. The molecule has 5 nitrogen and oxygen atoms in total. The van der Waals surface area contributed by atoms with Crippen molar-refractivity contribution in [1.82, 2.24) is 4.72 Å². The van der Waals surface area contributed by atoms with Crippen molar-refractivity contribution < 1.29 is 18.3 Å². The molecule has 0 heterocycles. The van der Waals surface area contributed by atoms with Gasteiger partial charge in [0, 0.05) is 11.0 Å². The van der Waals surface area contributed by atoms with E-state index in [1.807, 2.05) is 20.8 Å². The first-order valence-corrected chi connectivity index (χ1v) is 8.77. The van der Waals surface area contributed by atoms with Crippen LogP contribution in [0.4, 0.5) is 0 Å². The molecule has 0 bridgehead atoms. The van der Waals surface area contributed by atoms with E-state index in [0.29, 0.717) is 10.9 Å². The summed E-state index contributed by atoms with van der Waals surface area (Å²) in [6, 6.07) is 6.41. The molecule has 1 unspecified atom stereocenters. The van der Waals surface area contributed by atoms with Crippen LogP contribution in [0.25, 0.3) is 0 Å². The molecule has 0 aliphatic rings. The lowest BCUT2D eigenvalue weighted by Crippen LogP contribution is -2.35. The molecule has 1 rings (SSSR count). The van der Waals surface area contributed by atoms with E-state index in [4.69, 9.17) is 0 Å². The molecule has 7 heteroatoms. The number of rotatable bonds is 6. The average Bonchev–Trinajstić information content (AvgIpc) is 2.33. The van der Waals surface area contributed by atoms with Gasteiger partial charge in [-0.3, -0.25) is 4.79 Å². The fraction of sp³-hybridized carbons (Fsp3) is 0.500. The first kappa shape index (κ1) is 18.1. The molecule has 0 radical (unpaired) electrons. The second-order valence-corrected chi connectivity index (χ2v) is 8.67. The minimum atomic E-state index is -3.74. The van der Waals surface area contributed by atoms with Gasteiger partial charge >= 0.3 is 5.97 Å². The van der Waals surface area contributed by atoms with E-state index in [-0.39, 0.29) is 16.9 Å². The Balaban J connectivity index is 2.85. The quantitative estimate of drug-likeness (QED) is 0.798. The summed E-state index contributed by atoms with van der Waals surface area (Å²) >= 11 is 3.18. The van der Waals surface area contributed by atoms with Crippen LogP contribution in [0.2, 0.25) is 0 Å². The molecule has 1 atom stereocenters. The maximum absolute atomic E-state index is 12.2. The van der Waals surface area contributed by atoms with Crippen LogP contribution >= 0.6 is 15.9 Å². The van der Waals surface area contributed by atoms with Gasteiger partial charge in [0.2, 0.25) is 10.0 Å². The zero-order valence-electron chi connectivity index (χ0n) is 12.3. The molecule has 0 aliphatic heterocycles. The Labute approximate surface area is 133 Å². The van der Waals surface area contributed by atoms with Crippen LogP contribution in [0.1, 0.15) is 27.2 Å². The molecule has 118 valence electrons. The number of nitrogens with one attached hydrogen (secondary N) is 1. The van der Waals surface area contributed by atoms with Gasteiger partial charge in [-0.15, -0.1) is 0 Å². The van der Waals surface area contributed by atoms with Crippen LogP contribution in [0.15, 0.2) is 33.6 Å². The van der Waals surface area contributed by atoms with Gasteiger partial charge in [-0.1, -0.05) is 32.9 Å². The number of sulfonamides is 1. The SMILES string of the molecule is CC(C)(C)CC(CNS(=O)(=O)c1ccccc1Br)C(=O)O. The van der Waals surface area contributed by atoms with Gasteiger partial charge in [0.15, 0.2) is 0 Å². The van der Waals surface area contributed by atoms with Crippen molar-refractivity contribution in [2.45, 2.75) is 32.1 Å². The Morgan fingerprint density at radius 3 is 2.38 bits per heavy atom. The predicted octanol–water partition coefficient (Wildman–Crippen LogP) is 2.86. The van der Waals surface area contributed by atoms with Crippen molar-refractivity contribution >= 4 is 31.9 Å². The standard InChI is InChI=1S/C14H20BrNO4S/c1-14(2,3)8-10(13(17)18)9-16-21(19,20)12-7-5-4-6-11(12)15/h4-7,10,16H,8-9H2,1-3H3,(H,17,18). The number of halogens is 1. The van der Waals surface area contributed by atoms with Gasteiger partial charge in [-0.05, 0) is 39.9 Å². The number of carboxylic acids is 1. The summed E-state index contributed by atoms with van der Waals surface area (Å²) in [6.45, 7) is 5.64. The monoisotopic (exact) mass is 377 g/mol. The molecule has 0 aromatic heterocycles. The second kappa shape index (κ2) is 6.89. The van der Waals surface area contributed by atoms with Gasteiger partial charge < -0.3 is 5.11 Å². The third-order valence-electron chi connectivity index (χ3n) is 2.85. The molecule has 0 saturated carbocycles. The van der Waals surface area contributed by atoms with Crippen molar-refractivity contribution in [2.24, 2.45) is 11.3 Å². The molecule has 1 aromatic carbocycles. The lowest BCUT2D eigenvalue weighted by molar-refractivity contribution is -0.142. The number of aliphatic carboxylic acids is 1. The van der Waals surface area contributed by atoms with E-state index < -0.39 is 21.9 Å².